The summed E-state index contributed by atoms with van der Waals surface area (Å²) < 4.78 is 17.3. The van der Waals surface area contributed by atoms with E-state index in [1.54, 1.807) is 0 Å². The maximum Gasteiger partial charge on any atom is 0.309 e. The molecule has 0 fully saturated rings. The molecule has 326 valence electrons. The Balaban J connectivity index is 3.93. The van der Waals surface area contributed by atoms with Gasteiger partial charge in [-0.15, -0.1) is 0 Å². The Hall–Kier alpha value is -1.28. The largest absolute Gasteiger partial charge is 0.465 e. The highest BCUT2D eigenvalue weighted by Gasteiger charge is 2.20. The van der Waals surface area contributed by atoms with E-state index in [1.807, 2.05) is 11.8 Å². The van der Waals surface area contributed by atoms with Crippen LogP contribution in [0.15, 0.2) is 0 Å². The highest BCUT2D eigenvalue weighted by molar-refractivity contribution is 7.99. The highest BCUT2D eigenvalue weighted by atomic mass is 32.2. The average Bonchev–Trinajstić information content (AvgIpc) is 3.17. The van der Waals surface area contributed by atoms with Crippen molar-refractivity contribution >= 4 is 29.7 Å². The lowest BCUT2D eigenvalue weighted by Crippen LogP contribution is -2.25. The first kappa shape index (κ1) is 53.7. The summed E-state index contributed by atoms with van der Waals surface area (Å²) in [6.45, 7) is 10.2. The molecule has 0 spiro atoms. The molecule has 1 atom stereocenters. The van der Waals surface area contributed by atoms with Crippen molar-refractivity contribution in [2.75, 3.05) is 38.8 Å². The summed E-state index contributed by atoms with van der Waals surface area (Å²) in [4.78, 5) is 39.7. The second kappa shape index (κ2) is 40.9. The summed E-state index contributed by atoms with van der Waals surface area (Å²) in [6, 6.07) is 0. The minimum absolute atomic E-state index is 0.00207. The number of thioether (sulfide) groups is 1. The topological polar surface area (TPSA) is 82.1 Å². The standard InChI is InChI=1S/C47H91NO6S/c1-7-11-31-43(32-12-8-2)53-45(49)35-27-23-19-15-17-21-25-29-39-52-47(51)42(37-38-48(5)6)41-55-40-30-26-22-18-16-20-24-28-36-46(50)54-44(33-13-9-3)34-14-10-4/h42-44H,7-41H2,1-6H3. The molecular weight excluding hydrogens is 707 g/mol. The first-order valence-electron chi connectivity index (χ1n) is 23.5. The second-order valence-electron chi connectivity index (χ2n) is 16.5. The van der Waals surface area contributed by atoms with Gasteiger partial charge in [0, 0.05) is 18.6 Å². The molecule has 0 aliphatic rings. The Morgan fingerprint density at radius 3 is 1.27 bits per heavy atom. The minimum atomic E-state index is -0.0286. The smallest absolute Gasteiger partial charge is 0.309 e. The normalized spacial score (nSPS) is 12.2. The van der Waals surface area contributed by atoms with E-state index >= 15 is 0 Å². The molecule has 0 rings (SSSR count). The Morgan fingerprint density at radius 1 is 0.491 bits per heavy atom. The number of rotatable bonds is 42. The lowest BCUT2D eigenvalue weighted by atomic mass is 10.1. The van der Waals surface area contributed by atoms with Crippen LogP contribution >= 0.6 is 11.8 Å². The lowest BCUT2D eigenvalue weighted by Gasteiger charge is -2.18. The fraction of sp³-hybridized carbons (Fsp3) is 0.936. The van der Waals surface area contributed by atoms with Crippen molar-refractivity contribution in [1.29, 1.82) is 0 Å². The van der Waals surface area contributed by atoms with Crippen LogP contribution in [0, 0.1) is 5.92 Å². The van der Waals surface area contributed by atoms with E-state index < -0.39 is 0 Å². The van der Waals surface area contributed by atoms with Gasteiger partial charge in [-0.1, -0.05) is 156 Å². The third kappa shape index (κ3) is 36.8. The van der Waals surface area contributed by atoms with E-state index in [-0.39, 0.29) is 36.0 Å². The molecule has 0 saturated carbocycles. The van der Waals surface area contributed by atoms with E-state index in [0.29, 0.717) is 19.4 Å². The Labute approximate surface area is 345 Å². The van der Waals surface area contributed by atoms with Gasteiger partial charge in [0.1, 0.15) is 12.2 Å². The zero-order valence-corrected chi connectivity index (χ0v) is 38.1. The van der Waals surface area contributed by atoms with Gasteiger partial charge in [-0.05, 0) is 84.2 Å². The summed E-state index contributed by atoms with van der Waals surface area (Å²) in [6.07, 6.45) is 33.7. The number of carbonyl (C=O) groups is 3. The van der Waals surface area contributed by atoms with Gasteiger partial charge in [-0.2, -0.15) is 11.8 Å². The van der Waals surface area contributed by atoms with Gasteiger partial charge in [0.25, 0.3) is 0 Å². The van der Waals surface area contributed by atoms with Gasteiger partial charge in [-0.25, -0.2) is 0 Å². The van der Waals surface area contributed by atoms with Crippen LogP contribution in [0.5, 0.6) is 0 Å². The van der Waals surface area contributed by atoms with Gasteiger partial charge in [0.15, 0.2) is 0 Å². The molecule has 0 aromatic heterocycles. The maximum absolute atomic E-state index is 13.0. The molecular formula is C47H91NO6S. The van der Waals surface area contributed by atoms with Crippen LogP contribution in [-0.2, 0) is 28.6 Å². The monoisotopic (exact) mass is 798 g/mol. The van der Waals surface area contributed by atoms with Crippen molar-refractivity contribution in [3.8, 4) is 0 Å². The summed E-state index contributed by atoms with van der Waals surface area (Å²) in [5.74, 6) is 1.90. The van der Waals surface area contributed by atoms with E-state index in [0.717, 1.165) is 140 Å². The van der Waals surface area contributed by atoms with E-state index in [2.05, 4.69) is 46.7 Å². The Bertz CT molecular complexity index is 854. The molecule has 0 aliphatic heterocycles. The first-order valence-corrected chi connectivity index (χ1v) is 24.7. The predicted molar refractivity (Wildman–Crippen MR) is 236 cm³/mol. The summed E-state index contributed by atoms with van der Waals surface area (Å²) in [7, 11) is 4.13. The fourth-order valence-corrected chi connectivity index (χ4v) is 8.07. The number of unbranched alkanes of at least 4 members (excludes halogenated alkanes) is 18. The summed E-state index contributed by atoms with van der Waals surface area (Å²) in [5.41, 5.74) is 0. The van der Waals surface area contributed by atoms with Gasteiger partial charge in [0.05, 0.1) is 12.5 Å². The summed E-state index contributed by atoms with van der Waals surface area (Å²) in [5, 5.41) is 0. The molecule has 0 heterocycles. The number of hydrogen-bond donors (Lipinski definition) is 0. The third-order valence-corrected chi connectivity index (χ3v) is 11.8. The van der Waals surface area contributed by atoms with Crippen LogP contribution in [0.2, 0.25) is 0 Å². The second-order valence-corrected chi connectivity index (χ2v) is 17.6. The zero-order valence-electron chi connectivity index (χ0n) is 37.3. The predicted octanol–water partition coefficient (Wildman–Crippen LogP) is 13.4. The van der Waals surface area contributed by atoms with Crippen molar-refractivity contribution in [2.24, 2.45) is 5.92 Å². The average molecular weight is 798 g/mol. The first-order chi connectivity index (χ1) is 26.8. The van der Waals surface area contributed by atoms with Crippen LogP contribution in [0.3, 0.4) is 0 Å². The quantitative estimate of drug-likeness (QED) is 0.0343. The van der Waals surface area contributed by atoms with E-state index in [1.165, 1.54) is 64.2 Å². The van der Waals surface area contributed by atoms with Crippen LogP contribution < -0.4 is 0 Å². The molecule has 0 radical (unpaired) electrons. The maximum atomic E-state index is 13.0. The number of carbonyl (C=O) groups excluding carboxylic acids is 3. The van der Waals surface area contributed by atoms with Gasteiger partial charge < -0.3 is 19.1 Å². The fourth-order valence-electron chi connectivity index (χ4n) is 6.91. The van der Waals surface area contributed by atoms with Crippen LogP contribution in [-0.4, -0.2) is 73.8 Å². The molecule has 0 amide bonds. The van der Waals surface area contributed by atoms with Crippen molar-refractivity contribution < 1.29 is 28.6 Å². The van der Waals surface area contributed by atoms with Crippen molar-refractivity contribution in [1.82, 2.24) is 4.90 Å². The lowest BCUT2D eigenvalue weighted by molar-refractivity contribution is -0.151. The molecule has 0 N–H and O–H groups in total. The number of hydrogen-bond acceptors (Lipinski definition) is 8. The molecule has 0 saturated heterocycles. The highest BCUT2D eigenvalue weighted by Crippen LogP contribution is 2.20. The summed E-state index contributed by atoms with van der Waals surface area (Å²) >= 11 is 1.91. The molecule has 0 aromatic rings. The number of nitrogens with zero attached hydrogens (tertiary/aromatic N) is 1. The van der Waals surface area contributed by atoms with Crippen molar-refractivity contribution in [2.45, 2.75) is 239 Å². The van der Waals surface area contributed by atoms with Gasteiger partial charge in [-0.3, -0.25) is 14.4 Å². The molecule has 7 nitrogen and oxygen atoms in total. The molecule has 0 aliphatic carbocycles. The van der Waals surface area contributed by atoms with Crippen molar-refractivity contribution in [3.63, 3.8) is 0 Å². The molecule has 55 heavy (non-hydrogen) atoms. The van der Waals surface area contributed by atoms with Crippen LogP contribution in [0.25, 0.3) is 0 Å². The third-order valence-electron chi connectivity index (χ3n) is 10.6. The molecule has 1 unspecified atom stereocenters. The molecule has 0 bridgehead atoms. The molecule has 8 heteroatoms. The van der Waals surface area contributed by atoms with Crippen LogP contribution in [0.4, 0.5) is 0 Å². The zero-order chi connectivity index (χ0) is 40.6. The van der Waals surface area contributed by atoms with E-state index in [9.17, 15) is 14.4 Å². The molecule has 0 aromatic carbocycles. The number of esters is 3. The SMILES string of the molecule is CCCCC(CCCC)OC(=O)CCCCCCCCCCOC(=O)C(CCN(C)C)CSCCCCCCCCCCC(=O)OC(CCCC)CCCC. The van der Waals surface area contributed by atoms with Crippen LogP contribution in [0.1, 0.15) is 227 Å². The van der Waals surface area contributed by atoms with Gasteiger partial charge >= 0.3 is 17.9 Å². The Kier molecular flexibility index (Phi) is 39.9. The minimum Gasteiger partial charge on any atom is -0.465 e. The van der Waals surface area contributed by atoms with E-state index in [4.69, 9.17) is 14.2 Å². The van der Waals surface area contributed by atoms with Crippen molar-refractivity contribution in [3.05, 3.63) is 0 Å². The number of ether oxygens (including phenoxy) is 3. The van der Waals surface area contributed by atoms with Gasteiger partial charge in [0.2, 0.25) is 0 Å². The Morgan fingerprint density at radius 2 is 0.873 bits per heavy atom.